The topological polar surface area (TPSA) is 90.5 Å². The summed E-state index contributed by atoms with van der Waals surface area (Å²) in [6.45, 7) is 7.18. The first-order chi connectivity index (χ1) is 12.9. The molecule has 1 heterocycles. The smallest absolute Gasteiger partial charge is 0.321 e. The van der Waals surface area contributed by atoms with Crippen molar-refractivity contribution in [1.29, 1.82) is 0 Å². The van der Waals surface area contributed by atoms with Crippen LogP contribution in [0.4, 0.5) is 10.5 Å². The molecule has 0 aromatic heterocycles. The predicted octanol–water partition coefficient (Wildman–Crippen LogP) is 2.27. The van der Waals surface area contributed by atoms with E-state index in [4.69, 9.17) is 0 Å². The summed E-state index contributed by atoms with van der Waals surface area (Å²) in [4.78, 5) is 38.6. The first kappa shape index (κ1) is 20.7. The van der Waals surface area contributed by atoms with E-state index in [1.54, 1.807) is 11.8 Å². The summed E-state index contributed by atoms with van der Waals surface area (Å²) in [7, 11) is 0. The Balaban J connectivity index is 1.87. The average molecular weight is 374 g/mol. The van der Waals surface area contributed by atoms with E-state index in [2.05, 4.69) is 16.0 Å². The molecule has 1 saturated heterocycles. The molecule has 1 aromatic carbocycles. The SMILES string of the molecule is CCCNC(=O)[C@H](C)NC(=O)[C@H]1CCCN(C(=O)Nc2cccc(C)c2)C1. The number of hydrogen-bond acceptors (Lipinski definition) is 3. The summed E-state index contributed by atoms with van der Waals surface area (Å²) in [5, 5.41) is 8.42. The second kappa shape index (κ2) is 9.94. The Morgan fingerprint density at radius 3 is 2.78 bits per heavy atom. The number of urea groups is 1. The van der Waals surface area contributed by atoms with Gasteiger partial charge in [0.1, 0.15) is 6.04 Å². The van der Waals surface area contributed by atoms with Crippen LogP contribution in [0.2, 0.25) is 0 Å². The molecule has 1 fully saturated rings. The summed E-state index contributed by atoms with van der Waals surface area (Å²) >= 11 is 0. The van der Waals surface area contributed by atoms with E-state index in [0.717, 1.165) is 24.1 Å². The number of nitrogens with one attached hydrogen (secondary N) is 3. The Labute approximate surface area is 160 Å². The Bertz CT molecular complexity index is 677. The highest BCUT2D eigenvalue weighted by molar-refractivity contribution is 5.91. The molecule has 0 saturated carbocycles. The van der Waals surface area contributed by atoms with Crippen LogP contribution in [0.5, 0.6) is 0 Å². The average Bonchev–Trinajstić information content (AvgIpc) is 2.66. The fourth-order valence-corrected chi connectivity index (χ4v) is 3.10. The van der Waals surface area contributed by atoms with Gasteiger partial charge in [0.2, 0.25) is 11.8 Å². The summed E-state index contributed by atoms with van der Waals surface area (Å²) in [5.74, 6) is -0.666. The fourth-order valence-electron chi connectivity index (χ4n) is 3.10. The van der Waals surface area contributed by atoms with Crippen molar-refractivity contribution in [3.63, 3.8) is 0 Å². The summed E-state index contributed by atoms with van der Waals surface area (Å²) < 4.78 is 0. The zero-order valence-corrected chi connectivity index (χ0v) is 16.4. The van der Waals surface area contributed by atoms with Crippen LogP contribution < -0.4 is 16.0 Å². The van der Waals surface area contributed by atoms with E-state index in [1.165, 1.54) is 0 Å². The second-order valence-electron chi connectivity index (χ2n) is 7.11. The fraction of sp³-hybridized carbons (Fsp3) is 0.550. The number of carbonyl (C=O) groups is 3. The van der Waals surface area contributed by atoms with E-state index in [0.29, 0.717) is 26.1 Å². The highest BCUT2D eigenvalue weighted by Gasteiger charge is 2.30. The zero-order valence-electron chi connectivity index (χ0n) is 16.4. The van der Waals surface area contributed by atoms with Crippen LogP contribution in [0.15, 0.2) is 24.3 Å². The van der Waals surface area contributed by atoms with Crippen molar-refractivity contribution in [3.05, 3.63) is 29.8 Å². The van der Waals surface area contributed by atoms with E-state index in [-0.39, 0.29) is 23.8 Å². The van der Waals surface area contributed by atoms with E-state index in [1.807, 2.05) is 38.1 Å². The summed E-state index contributed by atoms with van der Waals surface area (Å²) in [6, 6.07) is 6.82. The van der Waals surface area contributed by atoms with Crippen LogP contribution in [-0.2, 0) is 9.59 Å². The lowest BCUT2D eigenvalue weighted by atomic mass is 9.97. The summed E-state index contributed by atoms with van der Waals surface area (Å²) in [6.07, 6.45) is 2.32. The number of aryl methyl sites for hydroxylation is 1. The first-order valence-corrected chi connectivity index (χ1v) is 9.61. The normalized spacial score (nSPS) is 17.7. The van der Waals surface area contributed by atoms with Crippen molar-refractivity contribution in [2.45, 2.75) is 46.1 Å². The molecule has 1 aromatic rings. The minimum Gasteiger partial charge on any atom is -0.354 e. The molecule has 0 radical (unpaired) electrons. The number of anilines is 1. The lowest BCUT2D eigenvalue weighted by molar-refractivity contribution is -0.131. The Morgan fingerprint density at radius 1 is 1.30 bits per heavy atom. The number of benzene rings is 1. The molecule has 0 unspecified atom stereocenters. The monoisotopic (exact) mass is 374 g/mol. The van der Waals surface area contributed by atoms with Gasteiger partial charge in [-0.1, -0.05) is 19.1 Å². The molecule has 0 bridgehead atoms. The summed E-state index contributed by atoms with van der Waals surface area (Å²) in [5.41, 5.74) is 1.81. The Morgan fingerprint density at radius 2 is 2.07 bits per heavy atom. The van der Waals surface area contributed by atoms with Gasteiger partial charge in [0.25, 0.3) is 0 Å². The quantitative estimate of drug-likeness (QED) is 0.713. The number of piperidine rings is 1. The molecule has 27 heavy (non-hydrogen) atoms. The van der Waals surface area contributed by atoms with E-state index in [9.17, 15) is 14.4 Å². The van der Waals surface area contributed by atoms with Gasteiger partial charge < -0.3 is 20.9 Å². The highest BCUT2D eigenvalue weighted by Crippen LogP contribution is 2.18. The maximum atomic E-state index is 12.5. The number of hydrogen-bond donors (Lipinski definition) is 3. The van der Waals surface area contributed by atoms with Gasteiger partial charge in [0.15, 0.2) is 0 Å². The molecule has 0 spiro atoms. The third-order valence-electron chi connectivity index (χ3n) is 4.65. The van der Waals surface area contributed by atoms with Crippen LogP contribution >= 0.6 is 0 Å². The van der Waals surface area contributed by atoms with Gasteiger partial charge in [-0.15, -0.1) is 0 Å². The van der Waals surface area contributed by atoms with E-state index >= 15 is 0 Å². The van der Waals surface area contributed by atoms with Crippen LogP contribution in [-0.4, -0.2) is 48.4 Å². The molecule has 2 atom stereocenters. The molecule has 2 rings (SSSR count). The van der Waals surface area contributed by atoms with Crippen LogP contribution in [0.1, 0.15) is 38.7 Å². The van der Waals surface area contributed by atoms with Crippen molar-refractivity contribution in [2.75, 3.05) is 25.0 Å². The molecule has 1 aliphatic heterocycles. The third-order valence-corrected chi connectivity index (χ3v) is 4.65. The van der Waals surface area contributed by atoms with Crippen LogP contribution in [0.3, 0.4) is 0 Å². The lowest BCUT2D eigenvalue weighted by Gasteiger charge is -2.32. The molecule has 148 valence electrons. The van der Waals surface area contributed by atoms with Gasteiger partial charge >= 0.3 is 6.03 Å². The number of nitrogens with zero attached hydrogens (tertiary/aromatic N) is 1. The van der Waals surface area contributed by atoms with Crippen molar-refractivity contribution in [2.24, 2.45) is 5.92 Å². The molecule has 7 heteroatoms. The number of amides is 4. The number of likely N-dealkylation sites (tertiary alicyclic amines) is 1. The molecular formula is C20H30N4O3. The Kier molecular flexibility index (Phi) is 7.64. The maximum absolute atomic E-state index is 12.5. The molecule has 1 aliphatic rings. The van der Waals surface area contributed by atoms with Crippen molar-refractivity contribution in [3.8, 4) is 0 Å². The number of carbonyl (C=O) groups excluding carboxylic acids is 3. The van der Waals surface area contributed by atoms with Crippen LogP contribution in [0, 0.1) is 12.8 Å². The van der Waals surface area contributed by atoms with Gasteiger partial charge in [-0.25, -0.2) is 4.79 Å². The standard InChI is InChI=1S/C20H30N4O3/c1-4-10-21-18(25)15(3)22-19(26)16-8-6-11-24(13-16)20(27)23-17-9-5-7-14(2)12-17/h5,7,9,12,15-16H,4,6,8,10-11,13H2,1-3H3,(H,21,25)(H,22,26)(H,23,27)/t15-,16-/m0/s1. The van der Waals surface area contributed by atoms with E-state index < -0.39 is 6.04 Å². The minimum absolute atomic E-state index is 0.179. The van der Waals surface area contributed by atoms with Crippen molar-refractivity contribution >= 4 is 23.5 Å². The van der Waals surface area contributed by atoms with Gasteiger partial charge in [0, 0.05) is 25.3 Å². The van der Waals surface area contributed by atoms with Gasteiger partial charge in [-0.2, -0.15) is 0 Å². The van der Waals surface area contributed by atoms with Gasteiger partial charge in [0.05, 0.1) is 5.92 Å². The first-order valence-electron chi connectivity index (χ1n) is 9.61. The highest BCUT2D eigenvalue weighted by atomic mass is 16.2. The predicted molar refractivity (Wildman–Crippen MR) is 105 cm³/mol. The number of rotatable bonds is 6. The molecule has 3 N–H and O–H groups in total. The maximum Gasteiger partial charge on any atom is 0.321 e. The molecular weight excluding hydrogens is 344 g/mol. The van der Waals surface area contributed by atoms with Gasteiger partial charge in [-0.05, 0) is 50.8 Å². The van der Waals surface area contributed by atoms with Gasteiger partial charge in [-0.3, -0.25) is 9.59 Å². The minimum atomic E-state index is -0.583. The molecule has 0 aliphatic carbocycles. The third kappa shape index (κ3) is 6.27. The zero-order chi connectivity index (χ0) is 19.8. The largest absolute Gasteiger partial charge is 0.354 e. The lowest BCUT2D eigenvalue weighted by Crippen LogP contribution is -2.51. The van der Waals surface area contributed by atoms with Crippen LogP contribution in [0.25, 0.3) is 0 Å². The molecule has 4 amide bonds. The second-order valence-corrected chi connectivity index (χ2v) is 7.11. The Hall–Kier alpha value is -2.57. The van der Waals surface area contributed by atoms with Crippen molar-refractivity contribution < 1.29 is 14.4 Å². The van der Waals surface area contributed by atoms with Crippen molar-refractivity contribution in [1.82, 2.24) is 15.5 Å². The molecule has 7 nitrogen and oxygen atoms in total.